The van der Waals surface area contributed by atoms with Crippen molar-refractivity contribution in [1.82, 2.24) is 9.97 Å². The molecule has 19 heavy (non-hydrogen) atoms. The van der Waals surface area contributed by atoms with Crippen LogP contribution in [0.2, 0.25) is 0 Å². The Balaban J connectivity index is 1.83. The molecule has 1 aromatic heterocycles. The second kappa shape index (κ2) is 6.47. The predicted octanol–water partition coefficient (Wildman–Crippen LogP) is 1.19. The van der Waals surface area contributed by atoms with Gasteiger partial charge in [0.25, 0.3) is 5.91 Å². The van der Waals surface area contributed by atoms with Crippen LogP contribution in [0.3, 0.4) is 0 Å². The van der Waals surface area contributed by atoms with Crippen molar-refractivity contribution in [3.8, 4) is 0 Å². The Morgan fingerprint density at radius 3 is 2.53 bits per heavy atom. The first kappa shape index (κ1) is 13.7. The molecule has 0 unspecified atom stereocenters. The molecule has 1 aromatic rings. The molecule has 0 radical (unpaired) electrons. The molecule has 1 amide bonds. The first-order valence-electron chi connectivity index (χ1n) is 6.56. The fourth-order valence-electron chi connectivity index (χ4n) is 2.42. The summed E-state index contributed by atoms with van der Waals surface area (Å²) in [7, 11) is 1.75. The van der Waals surface area contributed by atoms with Crippen molar-refractivity contribution >= 4 is 11.9 Å². The van der Waals surface area contributed by atoms with E-state index in [1.165, 1.54) is 12.4 Å². The van der Waals surface area contributed by atoms with Gasteiger partial charge in [0.2, 0.25) is 5.95 Å². The average Bonchev–Trinajstić information content (AvgIpc) is 2.42. The Hall–Kier alpha value is -1.69. The van der Waals surface area contributed by atoms with Gasteiger partial charge >= 0.3 is 0 Å². The highest BCUT2D eigenvalue weighted by Gasteiger charge is 2.21. The summed E-state index contributed by atoms with van der Waals surface area (Å²) in [5, 5.41) is 3.29. The normalized spacial score (nSPS) is 23.0. The number of nitrogens with two attached hydrogens (primary N) is 1. The van der Waals surface area contributed by atoms with Gasteiger partial charge in [-0.3, -0.25) is 4.79 Å². The van der Waals surface area contributed by atoms with Crippen LogP contribution in [-0.4, -0.2) is 35.6 Å². The van der Waals surface area contributed by atoms with Gasteiger partial charge in [-0.25, -0.2) is 9.97 Å². The van der Waals surface area contributed by atoms with E-state index >= 15 is 0 Å². The number of primary amides is 1. The van der Waals surface area contributed by atoms with Crippen LogP contribution in [0, 0.1) is 5.92 Å². The van der Waals surface area contributed by atoms with Gasteiger partial charge in [0.1, 0.15) is 0 Å². The Bertz CT molecular complexity index is 413. The lowest BCUT2D eigenvalue weighted by molar-refractivity contribution is 0.0999. The van der Waals surface area contributed by atoms with E-state index in [1.807, 2.05) is 0 Å². The molecule has 0 atom stereocenters. The Kier molecular flexibility index (Phi) is 4.68. The SMILES string of the molecule is COC[C@H]1CC[C@H](Nc2ncc(C(N)=O)cn2)CC1. The van der Waals surface area contributed by atoms with Crippen LogP contribution in [0.15, 0.2) is 12.4 Å². The number of anilines is 1. The fraction of sp³-hybridized carbons (Fsp3) is 0.615. The molecular weight excluding hydrogens is 244 g/mol. The zero-order chi connectivity index (χ0) is 13.7. The lowest BCUT2D eigenvalue weighted by atomic mass is 9.86. The second-order valence-corrected chi connectivity index (χ2v) is 4.98. The third-order valence-electron chi connectivity index (χ3n) is 3.52. The molecule has 2 rings (SSSR count). The molecule has 1 saturated carbocycles. The Morgan fingerprint density at radius 1 is 1.37 bits per heavy atom. The monoisotopic (exact) mass is 264 g/mol. The average molecular weight is 264 g/mol. The highest BCUT2D eigenvalue weighted by Crippen LogP contribution is 2.25. The van der Waals surface area contributed by atoms with E-state index in [1.54, 1.807) is 7.11 Å². The molecule has 6 heteroatoms. The maximum atomic E-state index is 10.9. The minimum Gasteiger partial charge on any atom is -0.384 e. The van der Waals surface area contributed by atoms with Crippen molar-refractivity contribution in [2.45, 2.75) is 31.7 Å². The number of aromatic nitrogens is 2. The summed E-state index contributed by atoms with van der Waals surface area (Å²) < 4.78 is 5.18. The van der Waals surface area contributed by atoms with Crippen LogP contribution < -0.4 is 11.1 Å². The predicted molar refractivity (Wildman–Crippen MR) is 71.8 cm³/mol. The molecular formula is C13H20N4O2. The zero-order valence-electron chi connectivity index (χ0n) is 11.1. The van der Waals surface area contributed by atoms with E-state index in [0.29, 0.717) is 23.5 Å². The van der Waals surface area contributed by atoms with E-state index in [-0.39, 0.29) is 0 Å². The molecule has 1 aliphatic rings. The van der Waals surface area contributed by atoms with Crippen molar-refractivity contribution < 1.29 is 9.53 Å². The van der Waals surface area contributed by atoms with Gasteiger partial charge in [-0.15, -0.1) is 0 Å². The lowest BCUT2D eigenvalue weighted by Gasteiger charge is -2.28. The minimum atomic E-state index is -0.508. The molecule has 0 spiro atoms. The zero-order valence-corrected chi connectivity index (χ0v) is 11.1. The van der Waals surface area contributed by atoms with Gasteiger partial charge in [-0.1, -0.05) is 0 Å². The summed E-state index contributed by atoms with van der Waals surface area (Å²) in [4.78, 5) is 19.1. The number of nitrogens with zero attached hydrogens (tertiary/aromatic N) is 2. The first-order chi connectivity index (χ1) is 9.19. The van der Waals surface area contributed by atoms with Crippen molar-refractivity contribution in [1.29, 1.82) is 0 Å². The van der Waals surface area contributed by atoms with Crippen molar-refractivity contribution in [3.63, 3.8) is 0 Å². The largest absolute Gasteiger partial charge is 0.384 e. The van der Waals surface area contributed by atoms with Crippen LogP contribution in [0.25, 0.3) is 0 Å². The van der Waals surface area contributed by atoms with Crippen molar-refractivity contribution in [2.75, 3.05) is 19.0 Å². The van der Waals surface area contributed by atoms with Gasteiger partial charge in [-0.05, 0) is 31.6 Å². The second-order valence-electron chi connectivity index (χ2n) is 4.98. The number of methoxy groups -OCH3 is 1. The summed E-state index contributed by atoms with van der Waals surface area (Å²) in [6.45, 7) is 0.844. The summed E-state index contributed by atoms with van der Waals surface area (Å²) in [6, 6.07) is 0.396. The number of carbonyl (C=O) groups excluding carboxylic acids is 1. The van der Waals surface area contributed by atoms with E-state index in [0.717, 1.165) is 32.3 Å². The molecule has 104 valence electrons. The molecule has 1 heterocycles. The van der Waals surface area contributed by atoms with Gasteiger partial charge in [-0.2, -0.15) is 0 Å². The maximum Gasteiger partial charge on any atom is 0.251 e. The van der Waals surface area contributed by atoms with Crippen LogP contribution in [0.4, 0.5) is 5.95 Å². The summed E-state index contributed by atoms with van der Waals surface area (Å²) in [5.41, 5.74) is 5.47. The topological polar surface area (TPSA) is 90.1 Å². The molecule has 1 aliphatic carbocycles. The summed E-state index contributed by atoms with van der Waals surface area (Å²) in [6.07, 6.45) is 7.40. The van der Waals surface area contributed by atoms with Crippen LogP contribution in [0.1, 0.15) is 36.0 Å². The number of carbonyl (C=O) groups is 1. The molecule has 0 aromatic carbocycles. The molecule has 0 aliphatic heterocycles. The number of hydrogen-bond donors (Lipinski definition) is 2. The number of rotatable bonds is 5. The van der Waals surface area contributed by atoms with Gasteiger partial charge in [0, 0.05) is 32.2 Å². The quantitative estimate of drug-likeness (QED) is 0.833. The third kappa shape index (κ3) is 3.89. The Labute approximate surface area is 112 Å². The van der Waals surface area contributed by atoms with Crippen LogP contribution >= 0.6 is 0 Å². The van der Waals surface area contributed by atoms with E-state index in [9.17, 15) is 4.79 Å². The summed E-state index contributed by atoms with van der Waals surface area (Å²) >= 11 is 0. The standard InChI is InChI=1S/C13H20N4O2/c1-19-8-9-2-4-11(5-3-9)17-13-15-6-10(7-16-13)12(14)18/h6-7,9,11H,2-5,8H2,1H3,(H2,14,18)(H,15,16,17)/t9-,11-. The lowest BCUT2D eigenvalue weighted by Crippen LogP contribution is -2.28. The highest BCUT2D eigenvalue weighted by molar-refractivity contribution is 5.92. The highest BCUT2D eigenvalue weighted by atomic mass is 16.5. The fourth-order valence-corrected chi connectivity index (χ4v) is 2.42. The van der Waals surface area contributed by atoms with Gasteiger partial charge in [0.15, 0.2) is 0 Å². The first-order valence-corrected chi connectivity index (χ1v) is 6.56. The van der Waals surface area contributed by atoms with Gasteiger partial charge in [0.05, 0.1) is 5.56 Å². The molecule has 6 nitrogen and oxygen atoms in total. The Morgan fingerprint density at radius 2 is 2.00 bits per heavy atom. The van der Waals surface area contributed by atoms with Crippen molar-refractivity contribution in [2.24, 2.45) is 11.7 Å². The molecule has 3 N–H and O–H groups in total. The van der Waals surface area contributed by atoms with Crippen LogP contribution in [0.5, 0.6) is 0 Å². The smallest absolute Gasteiger partial charge is 0.251 e. The van der Waals surface area contributed by atoms with E-state index in [4.69, 9.17) is 10.5 Å². The van der Waals surface area contributed by atoms with Crippen molar-refractivity contribution in [3.05, 3.63) is 18.0 Å². The van der Waals surface area contributed by atoms with E-state index in [2.05, 4.69) is 15.3 Å². The number of amides is 1. The molecule has 0 bridgehead atoms. The minimum absolute atomic E-state index is 0.328. The van der Waals surface area contributed by atoms with E-state index < -0.39 is 5.91 Å². The summed E-state index contributed by atoms with van der Waals surface area (Å²) in [5.74, 6) is 0.716. The number of hydrogen-bond acceptors (Lipinski definition) is 5. The molecule has 1 fully saturated rings. The number of nitrogens with one attached hydrogen (secondary N) is 1. The van der Waals surface area contributed by atoms with Gasteiger partial charge < -0.3 is 15.8 Å². The molecule has 0 saturated heterocycles. The third-order valence-corrected chi connectivity index (χ3v) is 3.52. The van der Waals surface area contributed by atoms with Crippen LogP contribution in [-0.2, 0) is 4.74 Å². The number of ether oxygens (including phenoxy) is 1. The maximum absolute atomic E-state index is 10.9.